The van der Waals surface area contributed by atoms with E-state index in [1.807, 2.05) is 37.3 Å². The summed E-state index contributed by atoms with van der Waals surface area (Å²) in [4.78, 5) is 16.2. The van der Waals surface area contributed by atoms with E-state index in [1.54, 1.807) is 12.3 Å². The van der Waals surface area contributed by atoms with E-state index >= 15 is 0 Å². The second kappa shape index (κ2) is 11.0. The SMILES string of the molecule is Cc1ccc(Oc2ccc(NC(=O)CCC3CCNC3)cn2)cc1.Cl.Cl. The molecule has 1 unspecified atom stereocenters. The molecule has 5 nitrogen and oxygen atoms in total. The molecule has 1 aromatic carbocycles. The number of ether oxygens (including phenoxy) is 1. The molecule has 7 heteroatoms. The molecule has 1 atom stereocenters. The number of carbonyl (C=O) groups excluding carboxylic acids is 1. The lowest BCUT2D eigenvalue weighted by atomic mass is 10.0. The van der Waals surface area contributed by atoms with E-state index in [0.29, 0.717) is 23.9 Å². The molecule has 1 saturated heterocycles. The molecule has 2 aromatic rings. The number of aryl methyl sites for hydroxylation is 1. The number of anilines is 1. The van der Waals surface area contributed by atoms with Crippen LogP contribution in [0.5, 0.6) is 11.6 Å². The van der Waals surface area contributed by atoms with Gasteiger partial charge in [-0.25, -0.2) is 4.98 Å². The summed E-state index contributed by atoms with van der Waals surface area (Å²) in [6.45, 7) is 4.13. The van der Waals surface area contributed by atoms with Gasteiger partial charge in [0.05, 0.1) is 11.9 Å². The number of nitrogens with one attached hydrogen (secondary N) is 2. The number of carbonyl (C=O) groups is 1. The lowest BCUT2D eigenvalue weighted by molar-refractivity contribution is -0.116. The maximum absolute atomic E-state index is 12.0. The number of rotatable bonds is 6. The Morgan fingerprint density at radius 2 is 2.00 bits per heavy atom. The van der Waals surface area contributed by atoms with Crippen molar-refractivity contribution >= 4 is 36.4 Å². The summed E-state index contributed by atoms with van der Waals surface area (Å²) >= 11 is 0. The topological polar surface area (TPSA) is 63.2 Å². The van der Waals surface area contributed by atoms with Crippen molar-refractivity contribution in [3.63, 3.8) is 0 Å². The van der Waals surface area contributed by atoms with E-state index in [-0.39, 0.29) is 30.7 Å². The van der Waals surface area contributed by atoms with Crippen molar-refractivity contribution in [2.24, 2.45) is 5.92 Å². The van der Waals surface area contributed by atoms with E-state index in [1.165, 1.54) is 12.0 Å². The molecule has 1 aliphatic rings. The molecule has 0 radical (unpaired) electrons. The van der Waals surface area contributed by atoms with E-state index in [4.69, 9.17) is 4.74 Å². The summed E-state index contributed by atoms with van der Waals surface area (Å²) in [6, 6.07) is 11.4. The summed E-state index contributed by atoms with van der Waals surface area (Å²) in [5.74, 6) is 1.92. The Morgan fingerprint density at radius 1 is 1.23 bits per heavy atom. The van der Waals surface area contributed by atoms with Crippen molar-refractivity contribution in [2.45, 2.75) is 26.2 Å². The standard InChI is InChI=1S/C19H23N3O2.2ClH/c1-14-2-6-17(7-3-14)24-19-9-5-16(13-21-19)22-18(23)8-4-15-10-11-20-12-15;;/h2-3,5-7,9,13,15,20H,4,8,10-12H2,1H3,(H,22,23);2*1H. The highest BCUT2D eigenvalue weighted by atomic mass is 35.5. The Kier molecular flexibility index (Phi) is 9.41. The van der Waals surface area contributed by atoms with Crippen LogP contribution in [0.4, 0.5) is 5.69 Å². The number of aromatic nitrogens is 1. The van der Waals surface area contributed by atoms with Crippen LogP contribution < -0.4 is 15.4 Å². The molecule has 1 aromatic heterocycles. The zero-order valence-corrected chi connectivity index (χ0v) is 16.4. The maximum atomic E-state index is 12.0. The van der Waals surface area contributed by atoms with Gasteiger partial charge in [-0.05, 0) is 57.0 Å². The van der Waals surface area contributed by atoms with Crippen LogP contribution in [0.1, 0.15) is 24.8 Å². The van der Waals surface area contributed by atoms with E-state index in [0.717, 1.165) is 25.3 Å². The summed E-state index contributed by atoms with van der Waals surface area (Å²) in [5.41, 5.74) is 1.88. The van der Waals surface area contributed by atoms with Gasteiger partial charge in [0, 0.05) is 12.5 Å². The highest BCUT2D eigenvalue weighted by Crippen LogP contribution is 2.21. The minimum absolute atomic E-state index is 0. The summed E-state index contributed by atoms with van der Waals surface area (Å²) < 4.78 is 5.68. The van der Waals surface area contributed by atoms with Crippen molar-refractivity contribution in [3.05, 3.63) is 48.2 Å². The normalized spacial score (nSPS) is 15.5. The third-order valence-corrected chi connectivity index (χ3v) is 4.21. The van der Waals surface area contributed by atoms with Crippen LogP contribution in [0.15, 0.2) is 42.6 Å². The van der Waals surface area contributed by atoms with Crippen molar-refractivity contribution < 1.29 is 9.53 Å². The molecule has 0 bridgehead atoms. The van der Waals surface area contributed by atoms with Crippen LogP contribution in [0, 0.1) is 12.8 Å². The van der Waals surface area contributed by atoms with Crippen molar-refractivity contribution in [3.8, 4) is 11.6 Å². The van der Waals surface area contributed by atoms with Gasteiger partial charge in [0.25, 0.3) is 0 Å². The lowest BCUT2D eigenvalue weighted by Gasteiger charge is -2.09. The second-order valence-corrected chi connectivity index (χ2v) is 6.25. The van der Waals surface area contributed by atoms with Crippen LogP contribution in [0.25, 0.3) is 0 Å². The number of amides is 1. The third-order valence-electron chi connectivity index (χ3n) is 4.21. The number of hydrogen-bond acceptors (Lipinski definition) is 4. The predicted octanol–water partition coefficient (Wildman–Crippen LogP) is 4.35. The third kappa shape index (κ3) is 6.83. The van der Waals surface area contributed by atoms with Gasteiger partial charge in [-0.2, -0.15) is 0 Å². The average molecular weight is 398 g/mol. The first-order valence-electron chi connectivity index (χ1n) is 8.40. The summed E-state index contributed by atoms with van der Waals surface area (Å²) in [6.07, 6.45) is 4.27. The Hall–Kier alpha value is -1.82. The Labute approximate surface area is 166 Å². The molecule has 142 valence electrons. The van der Waals surface area contributed by atoms with Crippen LogP contribution >= 0.6 is 24.8 Å². The minimum Gasteiger partial charge on any atom is -0.439 e. The average Bonchev–Trinajstić information content (AvgIpc) is 3.10. The van der Waals surface area contributed by atoms with E-state index in [2.05, 4.69) is 15.6 Å². The summed E-state index contributed by atoms with van der Waals surface area (Å²) in [5, 5.41) is 6.21. The van der Waals surface area contributed by atoms with Crippen molar-refractivity contribution in [2.75, 3.05) is 18.4 Å². The zero-order chi connectivity index (χ0) is 16.8. The largest absolute Gasteiger partial charge is 0.439 e. The Bertz CT molecular complexity index is 672. The Morgan fingerprint density at radius 3 is 2.62 bits per heavy atom. The van der Waals surface area contributed by atoms with Gasteiger partial charge in [0.1, 0.15) is 5.75 Å². The van der Waals surface area contributed by atoms with Gasteiger partial charge in [-0.3, -0.25) is 4.79 Å². The number of benzene rings is 1. The first-order valence-corrected chi connectivity index (χ1v) is 8.40. The van der Waals surface area contributed by atoms with Gasteiger partial charge in [0.15, 0.2) is 0 Å². The monoisotopic (exact) mass is 397 g/mol. The van der Waals surface area contributed by atoms with Gasteiger partial charge in [-0.15, -0.1) is 24.8 Å². The first kappa shape index (κ1) is 22.2. The predicted molar refractivity (Wildman–Crippen MR) is 109 cm³/mol. The fourth-order valence-electron chi connectivity index (χ4n) is 2.76. The molecule has 0 saturated carbocycles. The van der Waals surface area contributed by atoms with Crippen LogP contribution in [0.3, 0.4) is 0 Å². The number of halogens is 2. The molecule has 3 rings (SSSR count). The lowest BCUT2D eigenvalue weighted by Crippen LogP contribution is -2.15. The first-order chi connectivity index (χ1) is 11.7. The fraction of sp³-hybridized carbons (Fsp3) is 0.368. The number of hydrogen-bond donors (Lipinski definition) is 2. The number of nitrogens with zero attached hydrogens (tertiary/aromatic N) is 1. The smallest absolute Gasteiger partial charge is 0.224 e. The van der Waals surface area contributed by atoms with Gasteiger partial charge < -0.3 is 15.4 Å². The molecular formula is C19H25Cl2N3O2. The quantitative estimate of drug-likeness (QED) is 0.759. The molecule has 26 heavy (non-hydrogen) atoms. The van der Waals surface area contributed by atoms with E-state index in [9.17, 15) is 4.79 Å². The molecule has 0 spiro atoms. The second-order valence-electron chi connectivity index (χ2n) is 6.25. The highest BCUT2D eigenvalue weighted by Gasteiger charge is 2.15. The zero-order valence-electron chi connectivity index (χ0n) is 14.7. The summed E-state index contributed by atoms with van der Waals surface area (Å²) in [7, 11) is 0. The molecule has 2 N–H and O–H groups in total. The molecular weight excluding hydrogens is 373 g/mol. The van der Waals surface area contributed by atoms with Crippen LogP contribution in [0.2, 0.25) is 0 Å². The minimum atomic E-state index is 0. The molecule has 1 fully saturated rings. The molecule has 2 heterocycles. The van der Waals surface area contributed by atoms with E-state index < -0.39 is 0 Å². The van der Waals surface area contributed by atoms with Crippen LogP contribution in [-0.4, -0.2) is 24.0 Å². The van der Waals surface area contributed by atoms with Crippen LogP contribution in [-0.2, 0) is 4.79 Å². The maximum Gasteiger partial charge on any atom is 0.224 e. The highest BCUT2D eigenvalue weighted by molar-refractivity contribution is 5.90. The fourth-order valence-corrected chi connectivity index (χ4v) is 2.76. The molecule has 1 amide bonds. The van der Waals surface area contributed by atoms with Gasteiger partial charge >= 0.3 is 0 Å². The van der Waals surface area contributed by atoms with Crippen molar-refractivity contribution in [1.82, 2.24) is 10.3 Å². The van der Waals surface area contributed by atoms with Crippen molar-refractivity contribution in [1.29, 1.82) is 0 Å². The molecule has 1 aliphatic heterocycles. The van der Waals surface area contributed by atoms with Gasteiger partial charge in [-0.1, -0.05) is 17.7 Å². The molecule has 0 aliphatic carbocycles. The number of pyridine rings is 1. The van der Waals surface area contributed by atoms with Gasteiger partial charge in [0.2, 0.25) is 11.8 Å². The Balaban J connectivity index is 0.00000169.